The van der Waals surface area contributed by atoms with Gasteiger partial charge in [0.1, 0.15) is 9.71 Å². The summed E-state index contributed by atoms with van der Waals surface area (Å²) >= 11 is 1.12. The molecule has 4 N–H and O–H groups in total. The zero-order chi connectivity index (χ0) is 17.4. The number of H-pyrrole nitrogens is 1. The predicted octanol–water partition coefficient (Wildman–Crippen LogP) is 2.94. The quantitative estimate of drug-likeness (QED) is 0.637. The van der Waals surface area contributed by atoms with Crippen LogP contribution in [0.1, 0.15) is 32.5 Å². The number of anilines is 2. The molecule has 3 rings (SSSR count). The van der Waals surface area contributed by atoms with Gasteiger partial charge in [-0.15, -0.1) is 11.3 Å². The van der Waals surface area contributed by atoms with Crippen LogP contribution in [-0.4, -0.2) is 16.7 Å². The highest BCUT2D eigenvalue weighted by Crippen LogP contribution is 2.34. The fraction of sp³-hybridized carbons (Fsp3) is 0.118. The van der Waals surface area contributed by atoms with Gasteiger partial charge in [-0.1, -0.05) is 12.1 Å². The molecule has 24 heavy (non-hydrogen) atoms. The van der Waals surface area contributed by atoms with Gasteiger partial charge < -0.3 is 16.0 Å². The van der Waals surface area contributed by atoms with Crippen LogP contribution < -0.4 is 16.6 Å². The maximum atomic E-state index is 12.6. The van der Waals surface area contributed by atoms with Gasteiger partial charge in [0.05, 0.1) is 11.4 Å². The second-order valence-corrected chi connectivity index (χ2v) is 6.44. The predicted molar refractivity (Wildman–Crippen MR) is 96.0 cm³/mol. The molecule has 3 aromatic rings. The molecule has 0 aliphatic rings. The van der Waals surface area contributed by atoms with Gasteiger partial charge in [-0.25, -0.2) is 0 Å². The van der Waals surface area contributed by atoms with Crippen molar-refractivity contribution in [2.24, 2.45) is 0 Å². The van der Waals surface area contributed by atoms with Crippen molar-refractivity contribution in [1.29, 1.82) is 0 Å². The third kappa shape index (κ3) is 2.69. The Balaban J connectivity index is 2.04. The molecule has 0 aliphatic carbocycles. The van der Waals surface area contributed by atoms with Crippen molar-refractivity contribution in [1.82, 2.24) is 4.98 Å². The molecular formula is C17H15N3O3S. The van der Waals surface area contributed by atoms with Crippen LogP contribution >= 0.6 is 11.3 Å². The number of Topliss-reactive ketones (excluding diaryl/α,β-unsaturated/α-hetero) is 1. The van der Waals surface area contributed by atoms with E-state index in [0.717, 1.165) is 11.3 Å². The molecule has 0 aliphatic heterocycles. The van der Waals surface area contributed by atoms with Crippen molar-refractivity contribution in [3.05, 3.63) is 56.7 Å². The number of thiophene rings is 1. The average molecular weight is 341 g/mol. The first-order chi connectivity index (χ1) is 11.4. The number of fused-ring (bicyclic) bond motifs is 1. The van der Waals surface area contributed by atoms with E-state index in [-0.39, 0.29) is 11.3 Å². The van der Waals surface area contributed by atoms with E-state index in [1.807, 2.05) is 0 Å². The highest BCUT2D eigenvalue weighted by Gasteiger charge is 2.20. The van der Waals surface area contributed by atoms with E-state index < -0.39 is 5.91 Å². The number of nitrogens with one attached hydrogen (secondary N) is 2. The Morgan fingerprint density at radius 2 is 1.96 bits per heavy atom. The topological polar surface area (TPSA) is 105 Å². The summed E-state index contributed by atoms with van der Waals surface area (Å²) in [5.74, 6) is -0.557. The van der Waals surface area contributed by atoms with Gasteiger partial charge in [0, 0.05) is 17.0 Å². The Bertz CT molecular complexity index is 1030. The molecule has 1 amide bonds. The Morgan fingerprint density at radius 1 is 1.25 bits per heavy atom. The number of carbonyl (C=O) groups is 2. The molecule has 0 saturated heterocycles. The number of hydrogen-bond acceptors (Lipinski definition) is 5. The second-order valence-electron chi connectivity index (χ2n) is 5.42. The number of aromatic nitrogens is 1. The van der Waals surface area contributed by atoms with Crippen molar-refractivity contribution in [3.8, 4) is 0 Å². The first kappa shape index (κ1) is 15.9. The van der Waals surface area contributed by atoms with E-state index in [1.54, 1.807) is 31.2 Å². The number of pyridine rings is 1. The number of aryl methyl sites for hydroxylation is 1. The molecule has 0 atom stereocenters. The van der Waals surface area contributed by atoms with Gasteiger partial charge >= 0.3 is 0 Å². The zero-order valence-corrected chi connectivity index (χ0v) is 13.9. The Hall–Kier alpha value is -2.93. The first-order valence-corrected chi connectivity index (χ1v) is 8.03. The second kappa shape index (κ2) is 5.93. The monoisotopic (exact) mass is 341 g/mol. The van der Waals surface area contributed by atoms with Crippen LogP contribution in [0.3, 0.4) is 0 Å². The molecule has 1 aromatic carbocycles. The molecule has 122 valence electrons. The SMILES string of the molecule is CC(=O)c1ccccc1NC(=O)c1sc2[nH]c(=O)cc(C)c2c1N. The lowest BCUT2D eigenvalue weighted by Crippen LogP contribution is -2.14. The fourth-order valence-corrected chi connectivity index (χ4v) is 3.67. The Morgan fingerprint density at radius 3 is 2.67 bits per heavy atom. The number of rotatable bonds is 3. The number of amides is 1. The molecule has 0 saturated carbocycles. The zero-order valence-electron chi connectivity index (χ0n) is 13.1. The van der Waals surface area contributed by atoms with Gasteiger partial charge in [0.2, 0.25) is 5.56 Å². The summed E-state index contributed by atoms with van der Waals surface area (Å²) < 4.78 is 0. The minimum atomic E-state index is -0.414. The summed E-state index contributed by atoms with van der Waals surface area (Å²) in [5.41, 5.74) is 7.75. The smallest absolute Gasteiger partial charge is 0.267 e. The highest BCUT2D eigenvalue weighted by atomic mass is 32.1. The highest BCUT2D eigenvalue weighted by molar-refractivity contribution is 7.21. The number of aromatic amines is 1. The molecule has 2 heterocycles. The largest absolute Gasteiger partial charge is 0.397 e. The lowest BCUT2D eigenvalue weighted by molar-refractivity contribution is 0.101. The third-order valence-electron chi connectivity index (χ3n) is 3.68. The van der Waals surface area contributed by atoms with Gasteiger partial charge in [0.25, 0.3) is 5.91 Å². The van der Waals surface area contributed by atoms with Crippen LogP contribution in [-0.2, 0) is 0 Å². The van der Waals surface area contributed by atoms with E-state index in [4.69, 9.17) is 5.73 Å². The van der Waals surface area contributed by atoms with Crippen LogP contribution in [0, 0.1) is 6.92 Å². The van der Waals surface area contributed by atoms with Crippen LogP contribution in [0.15, 0.2) is 35.1 Å². The summed E-state index contributed by atoms with van der Waals surface area (Å²) in [6, 6.07) is 8.21. The molecule has 0 fully saturated rings. The summed E-state index contributed by atoms with van der Waals surface area (Å²) in [7, 11) is 0. The Kier molecular flexibility index (Phi) is 3.94. The van der Waals surface area contributed by atoms with E-state index in [1.165, 1.54) is 13.0 Å². The van der Waals surface area contributed by atoms with Gasteiger partial charge in [0.15, 0.2) is 5.78 Å². The van der Waals surface area contributed by atoms with Crippen molar-refractivity contribution in [3.63, 3.8) is 0 Å². The molecule has 0 bridgehead atoms. The standard InChI is InChI=1S/C17H15N3O3S/c1-8-7-12(22)20-17-13(8)14(18)15(24-17)16(23)19-11-6-4-3-5-10(11)9(2)21/h3-7H,18H2,1-2H3,(H,19,23)(H,20,22). The minimum Gasteiger partial charge on any atom is -0.397 e. The molecular weight excluding hydrogens is 326 g/mol. The number of hydrogen-bond donors (Lipinski definition) is 3. The van der Waals surface area contributed by atoms with Crippen molar-refractivity contribution >= 4 is 44.6 Å². The summed E-state index contributed by atoms with van der Waals surface area (Å²) in [6.07, 6.45) is 0. The van der Waals surface area contributed by atoms with Crippen molar-refractivity contribution in [2.45, 2.75) is 13.8 Å². The Labute approximate surface area is 141 Å². The molecule has 0 radical (unpaired) electrons. The fourth-order valence-electron chi connectivity index (χ4n) is 2.59. The molecule has 6 nitrogen and oxygen atoms in total. The van der Waals surface area contributed by atoms with Gasteiger partial charge in [-0.2, -0.15) is 0 Å². The minimum absolute atomic E-state index is 0.143. The average Bonchev–Trinajstić information content (AvgIpc) is 2.84. The first-order valence-electron chi connectivity index (χ1n) is 7.21. The maximum Gasteiger partial charge on any atom is 0.267 e. The maximum absolute atomic E-state index is 12.6. The van der Waals surface area contributed by atoms with E-state index in [9.17, 15) is 14.4 Å². The number of nitrogens with two attached hydrogens (primary N) is 1. The number of para-hydroxylation sites is 1. The number of ketones is 1. The van der Waals surface area contributed by atoms with Crippen molar-refractivity contribution < 1.29 is 9.59 Å². The third-order valence-corrected chi connectivity index (χ3v) is 4.80. The lowest BCUT2D eigenvalue weighted by atomic mass is 10.1. The molecule has 7 heteroatoms. The summed E-state index contributed by atoms with van der Waals surface area (Å²) in [5, 5.41) is 3.39. The number of carbonyl (C=O) groups excluding carboxylic acids is 2. The van der Waals surface area contributed by atoms with Crippen molar-refractivity contribution in [2.75, 3.05) is 11.1 Å². The summed E-state index contributed by atoms with van der Waals surface area (Å²) in [4.78, 5) is 39.4. The van der Waals surface area contributed by atoms with Crippen LogP contribution in [0.25, 0.3) is 10.2 Å². The molecule has 0 unspecified atom stereocenters. The van der Waals surface area contributed by atoms with E-state index in [0.29, 0.717) is 37.6 Å². The lowest BCUT2D eigenvalue weighted by Gasteiger charge is -2.08. The molecule has 2 aromatic heterocycles. The van der Waals surface area contributed by atoms with Crippen LogP contribution in [0.5, 0.6) is 0 Å². The normalized spacial score (nSPS) is 10.8. The van der Waals surface area contributed by atoms with Crippen LogP contribution in [0.4, 0.5) is 11.4 Å². The van der Waals surface area contributed by atoms with Gasteiger partial charge in [-0.05, 0) is 31.5 Å². The number of nitrogen functional groups attached to an aromatic ring is 1. The van der Waals surface area contributed by atoms with E-state index in [2.05, 4.69) is 10.3 Å². The van der Waals surface area contributed by atoms with Crippen LogP contribution in [0.2, 0.25) is 0 Å². The summed E-state index contributed by atoms with van der Waals surface area (Å²) in [6.45, 7) is 3.21. The van der Waals surface area contributed by atoms with Gasteiger partial charge in [-0.3, -0.25) is 14.4 Å². The molecule has 0 spiro atoms. The number of benzene rings is 1. The van der Waals surface area contributed by atoms with E-state index >= 15 is 0 Å².